The van der Waals surface area contributed by atoms with Crippen molar-refractivity contribution in [3.05, 3.63) is 15.4 Å². The second kappa shape index (κ2) is 4.85. The zero-order chi connectivity index (χ0) is 10.8. The lowest BCUT2D eigenvalue weighted by Crippen LogP contribution is -2.15. The minimum absolute atomic E-state index is 0.912. The van der Waals surface area contributed by atoms with Gasteiger partial charge >= 0.3 is 0 Å². The molecule has 1 fully saturated rings. The van der Waals surface area contributed by atoms with Crippen LogP contribution in [0.25, 0.3) is 0 Å². The van der Waals surface area contributed by atoms with E-state index in [0.29, 0.717) is 0 Å². The number of hydrogen-bond donors (Lipinski definition) is 1. The molecule has 2 unspecified atom stereocenters. The van der Waals surface area contributed by atoms with Crippen LogP contribution in [0.2, 0.25) is 0 Å². The predicted octanol–water partition coefficient (Wildman–Crippen LogP) is 3.26. The van der Waals surface area contributed by atoms with Gasteiger partial charge in [-0.15, -0.1) is 11.3 Å². The summed E-state index contributed by atoms with van der Waals surface area (Å²) < 4.78 is 6.29. The van der Waals surface area contributed by atoms with Gasteiger partial charge in [-0.2, -0.15) is 0 Å². The van der Waals surface area contributed by atoms with E-state index in [-0.39, 0.29) is 0 Å². The van der Waals surface area contributed by atoms with Gasteiger partial charge in [0, 0.05) is 11.4 Å². The highest BCUT2D eigenvalue weighted by molar-refractivity contribution is 9.10. The molecule has 1 saturated carbocycles. The van der Waals surface area contributed by atoms with E-state index >= 15 is 0 Å². The van der Waals surface area contributed by atoms with Gasteiger partial charge in [-0.1, -0.05) is 6.92 Å². The van der Waals surface area contributed by atoms with E-state index in [0.717, 1.165) is 34.5 Å². The van der Waals surface area contributed by atoms with Gasteiger partial charge < -0.3 is 10.1 Å². The molecular weight excluding hydrogens is 274 g/mol. The van der Waals surface area contributed by atoms with Gasteiger partial charge in [-0.3, -0.25) is 0 Å². The van der Waals surface area contributed by atoms with Crippen LogP contribution in [0.15, 0.2) is 10.5 Å². The molecule has 0 saturated heterocycles. The van der Waals surface area contributed by atoms with Crippen molar-refractivity contribution in [3.8, 4) is 5.06 Å². The van der Waals surface area contributed by atoms with E-state index in [2.05, 4.69) is 34.2 Å². The lowest BCUT2D eigenvalue weighted by Gasteiger charge is -2.00. The van der Waals surface area contributed by atoms with Crippen molar-refractivity contribution in [1.82, 2.24) is 5.32 Å². The Bertz CT molecular complexity index is 339. The van der Waals surface area contributed by atoms with E-state index in [1.165, 1.54) is 11.3 Å². The first-order chi connectivity index (χ1) is 7.20. The number of rotatable bonds is 5. The first-order valence-corrected chi connectivity index (χ1v) is 6.84. The van der Waals surface area contributed by atoms with E-state index < -0.39 is 0 Å². The molecule has 0 amide bonds. The Morgan fingerprint density at radius 3 is 2.93 bits per heavy atom. The Morgan fingerprint density at radius 2 is 2.40 bits per heavy atom. The molecule has 1 aromatic heterocycles. The fraction of sp³-hybridized carbons (Fsp3) is 0.636. The molecule has 0 aromatic carbocycles. The highest BCUT2D eigenvalue weighted by Gasteiger charge is 2.31. The van der Waals surface area contributed by atoms with Crippen molar-refractivity contribution < 1.29 is 4.74 Å². The van der Waals surface area contributed by atoms with Crippen molar-refractivity contribution in [1.29, 1.82) is 0 Å². The quantitative estimate of drug-likeness (QED) is 0.898. The van der Waals surface area contributed by atoms with Crippen molar-refractivity contribution >= 4 is 27.3 Å². The summed E-state index contributed by atoms with van der Waals surface area (Å²) in [7, 11) is 1.71. The lowest BCUT2D eigenvalue weighted by atomic mass is 10.3. The third-order valence-electron chi connectivity index (χ3n) is 2.87. The van der Waals surface area contributed by atoms with Crippen LogP contribution in [0.5, 0.6) is 5.06 Å². The lowest BCUT2D eigenvalue weighted by molar-refractivity contribution is 0.425. The second-order valence-corrected chi connectivity index (χ2v) is 6.11. The van der Waals surface area contributed by atoms with E-state index in [4.69, 9.17) is 4.74 Å². The van der Waals surface area contributed by atoms with Gasteiger partial charge in [-0.05, 0) is 46.8 Å². The molecule has 2 nitrogen and oxygen atoms in total. The topological polar surface area (TPSA) is 21.3 Å². The highest BCUT2D eigenvalue weighted by atomic mass is 79.9. The van der Waals surface area contributed by atoms with Crippen molar-refractivity contribution in [2.45, 2.75) is 19.9 Å². The first-order valence-electron chi connectivity index (χ1n) is 5.23. The van der Waals surface area contributed by atoms with Crippen LogP contribution in [0.4, 0.5) is 0 Å². The van der Waals surface area contributed by atoms with Gasteiger partial charge in [0.2, 0.25) is 0 Å². The molecule has 2 rings (SSSR count). The number of halogens is 1. The van der Waals surface area contributed by atoms with Crippen LogP contribution in [0.3, 0.4) is 0 Å². The zero-order valence-electron chi connectivity index (χ0n) is 9.05. The SMILES string of the molecule is COc1sc(CNCC2CC2C)cc1Br. The molecule has 4 heteroatoms. The average molecular weight is 290 g/mol. The maximum Gasteiger partial charge on any atom is 0.188 e. The van der Waals surface area contributed by atoms with Gasteiger partial charge in [0.25, 0.3) is 0 Å². The summed E-state index contributed by atoms with van der Waals surface area (Å²) in [6.07, 6.45) is 1.39. The summed E-state index contributed by atoms with van der Waals surface area (Å²) in [4.78, 5) is 1.33. The molecule has 15 heavy (non-hydrogen) atoms. The van der Waals surface area contributed by atoms with Crippen LogP contribution in [0, 0.1) is 11.8 Å². The number of nitrogens with one attached hydrogen (secondary N) is 1. The number of hydrogen-bond acceptors (Lipinski definition) is 3. The zero-order valence-corrected chi connectivity index (χ0v) is 11.5. The monoisotopic (exact) mass is 289 g/mol. The molecule has 0 aliphatic heterocycles. The molecular formula is C11H16BrNOS. The number of ether oxygens (including phenoxy) is 1. The highest BCUT2D eigenvalue weighted by Crippen LogP contribution is 2.37. The Morgan fingerprint density at radius 1 is 1.67 bits per heavy atom. The Balaban J connectivity index is 1.77. The molecule has 1 N–H and O–H groups in total. The Kier molecular flexibility index (Phi) is 3.69. The Labute approximate surface area is 103 Å². The maximum atomic E-state index is 5.23. The first kappa shape index (κ1) is 11.4. The van der Waals surface area contributed by atoms with Crippen molar-refractivity contribution in [2.75, 3.05) is 13.7 Å². The standard InChI is InChI=1S/C11H16BrNOS/c1-7-3-8(7)5-13-6-9-4-10(12)11(14-2)15-9/h4,7-8,13H,3,5-6H2,1-2H3. The summed E-state index contributed by atoms with van der Waals surface area (Å²) in [5.74, 6) is 1.84. The molecule has 1 aromatic rings. The Hall–Kier alpha value is -0.0600. The largest absolute Gasteiger partial charge is 0.486 e. The second-order valence-electron chi connectivity index (χ2n) is 4.16. The molecule has 0 spiro atoms. The van der Waals surface area contributed by atoms with Crippen LogP contribution in [-0.4, -0.2) is 13.7 Å². The molecule has 1 heterocycles. The normalized spacial score (nSPS) is 24.2. The fourth-order valence-corrected chi connectivity index (χ4v) is 3.35. The van der Waals surface area contributed by atoms with Crippen LogP contribution < -0.4 is 10.1 Å². The molecule has 2 atom stereocenters. The predicted molar refractivity (Wildman–Crippen MR) is 67.5 cm³/mol. The van der Waals surface area contributed by atoms with Crippen LogP contribution >= 0.6 is 27.3 Å². The smallest absolute Gasteiger partial charge is 0.188 e. The number of thiophene rings is 1. The van der Waals surface area contributed by atoms with Gasteiger partial charge in [0.1, 0.15) is 0 Å². The van der Waals surface area contributed by atoms with Gasteiger partial charge in [-0.25, -0.2) is 0 Å². The van der Waals surface area contributed by atoms with Gasteiger partial charge in [0.15, 0.2) is 5.06 Å². The van der Waals surface area contributed by atoms with E-state index in [1.54, 1.807) is 18.4 Å². The molecule has 1 aliphatic carbocycles. The van der Waals surface area contributed by atoms with Gasteiger partial charge in [0.05, 0.1) is 11.6 Å². The molecule has 0 radical (unpaired) electrons. The van der Waals surface area contributed by atoms with Crippen LogP contribution in [0.1, 0.15) is 18.2 Å². The average Bonchev–Trinajstić information content (AvgIpc) is 2.76. The molecule has 0 bridgehead atoms. The minimum atomic E-state index is 0.912. The summed E-state index contributed by atoms with van der Waals surface area (Å²) in [5.41, 5.74) is 0. The summed E-state index contributed by atoms with van der Waals surface area (Å²) in [6, 6.07) is 2.13. The van der Waals surface area contributed by atoms with Crippen LogP contribution in [-0.2, 0) is 6.54 Å². The third-order valence-corrected chi connectivity index (χ3v) is 4.82. The summed E-state index contributed by atoms with van der Waals surface area (Å²) in [6.45, 7) is 4.42. The summed E-state index contributed by atoms with van der Waals surface area (Å²) in [5, 5.41) is 4.46. The molecule has 1 aliphatic rings. The van der Waals surface area contributed by atoms with Crippen molar-refractivity contribution in [3.63, 3.8) is 0 Å². The third kappa shape index (κ3) is 2.95. The van der Waals surface area contributed by atoms with Crippen molar-refractivity contribution in [2.24, 2.45) is 11.8 Å². The summed E-state index contributed by atoms with van der Waals surface area (Å²) >= 11 is 5.18. The van der Waals surface area contributed by atoms with E-state index in [1.807, 2.05) is 0 Å². The molecule has 84 valence electrons. The minimum Gasteiger partial charge on any atom is -0.486 e. The fourth-order valence-electron chi connectivity index (χ4n) is 1.69. The number of methoxy groups -OCH3 is 1. The maximum absolute atomic E-state index is 5.23. The van der Waals surface area contributed by atoms with E-state index in [9.17, 15) is 0 Å².